The van der Waals surface area contributed by atoms with E-state index in [4.69, 9.17) is 5.84 Å². The Bertz CT molecular complexity index is 286. The number of hydrogen-bond acceptors (Lipinski definition) is 3. The minimum absolute atomic E-state index is 0.461. The molecular weight excluding hydrogens is 186 g/mol. The predicted octanol–water partition coefficient (Wildman–Crippen LogP) is 1.11. The van der Waals surface area contributed by atoms with Crippen LogP contribution >= 0.6 is 0 Å². The summed E-state index contributed by atoms with van der Waals surface area (Å²) in [6.45, 7) is 3.29. The molecule has 82 valence electrons. The number of likely N-dealkylation sites (tertiary alicyclic amines) is 1. The van der Waals surface area contributed by atoms with Gasteiger partial charge in [-0.1, -0.05) is 30.3 Å². The number of nitrogens with zero attached hydrogens (tertiary/aromatic N) is 1. The first-order valence-corrected chi connectivity index (χ1v) is 5.61. The van der Waals surface area contributed by atoms with E-state index < -0.39 is 0 Å². The van der Waals surface area contributed by atoms with E-state index in [0.717, 1.165) is 13.1 Å². The lowest BCUT2D eigenvalue weighted by molar-refractivity contribution is 0.184. The van der Waals surface area contributed by atoms with Crippen LogP contribution in [0.25, 0.3) is 0 Å². The monoisotopic (exact) mass is 205 g/mol. The second-order valence-electron chi connectivity index (χ2n) is 4.23. The summed E-state index contributed by atoms with van der Waals surface area (Å²) in [4.78, 5) is 2.46. The fraction of sp³-hybridized carbons (Fsp3) is 0.500. The van der Waals surface area contributed by atoms with E-state index in [0.29, 0.717) is 6.04 Å². The molecule has 0 amide bonds. The van der Waals surface area contributed by atoms with Crippen molar-refractivity contribution in [1.29, 1.82) is 0 Å². The molecular formula is C12H19N3. The third kappa shape index (κ3) is 3.02. The quantitative estimate of drug-likeness (QED) is 0.574. The topological polar surface area (TPSA) is 41.3 Å². The molecule has 15 heavy (non-hydrogen) atoms. The Labute approximate surface area is 91.2 Å². The van der Waals surface area contributed by atoms with Crippen LogP contribution in [0.15, 0.2) is 30.3 Å². The first-order valence-electron chi connectivity index (χ1n) is 5.61. The average molecular weight is 205 g/mol. The lowest BCUT2D eigenvalue weighted by Crippen LogP contribution is -2.47. The number of piperidine rings is 1. The van der Waals surface area contributed by atoms with Gasteiger partial charge in [0.1, 0.15) is 0 Å². The van der Waals surface area contributed by atoms with E-state index in [-0.39, 0.29) is 0 Å². The van der Waals surface area contributed by atoms with Crippen molar-refractivity contribution < 1.29 is 0 Å². The summed E-state index contributed by atoms with van der Waals surface area (Å²) in [5.41, 5.74) is 4.26. The van der Waals surface area contributed by atoms with Crippen LogP contribution in [0.2, 0.25) is 0 Å². The summed E-state index contributed by atoms with van der Waals surface area (Å²) in [6.07, 6.45) is 2.43. The maximum absolute atomic E-state index is 5.48. The molecule has 0 saturated carbocycles. The van der Waals surface area contributed by atoms with Gasteiger partial charge in [-0.15, -0.1) is 0 Å². The molecule has 2 rings (SSSR count). The highest BCUT2D eigenvalue weighted by atomic mass is 15.3. The van der Waals surface area contributed by atoms with Gasteiger partial charge >= 0.3 is 0 Å². The van der Waals surface area contributed by atoms with E-state index in [1.165, 1.54) is 24.9 Å². The highest BCUT2D eigenvalue weighted by Crippen LogP contribution is 2.12. The Hall–Kier alpha value is -0.900. The Kier molecular flexibility index (Phi) is 3.72. The summed E-state index contributed by atoms with van der Waals surface area (Å²) < 4.78 is 0. The standard InChI is InChI=1S/C12H19N3/c13-14-12-7-4-8-15(10-12)9-11-5-2-1-3-6-11/h1-3,5-6,12,14H,4,7-10,13H2. The molecule has 3 N–H and O–H groups in total. The molecule has 0 bridgehead atoms. The normalized spacial score (nSPS) is 22.9. The molecule has 1 saturated heterocycles. The summed E-state index contributed by atoms with van der Waals surface area (Å²) >= 11 is 0. The van der Waals surface area contributed by atoms with Crippen LogP contribution in [0.4, 0.5) is 0 Å². The van der Waals surface area contributed by atoms with Crippen molar-refractivity contribution in [3.05, 3.63) is 35.9 Å². The molecule has 1 heterocycles. The van der Waals surface area contributed by atoms with Gasteiger partial charge in [0.25, 0.3) is 0 Å². The van der Waals surface area contributed by atoms with Crippen LogP contribution in [0.3, 0.4) is 0 Å². The molecule has 0 radical (unpaired) electrons. The second kappa shape index (κ2) is 5.26. The van der Waals surface area contributed by atoms with Crippen LogP contribution in [0.5, 0.6) is 0 Å². The minimum Gasteiger partial charge on any atom is -0.297 e. The van der Waals surface area contributed by atoms with Crippen molar-refractivity contribution in [1.82, 2.24) is 10.3 Å². The number of nitrogens with one attached hydrogen (secondary N) is 1. The van der Waals surface area contributed by atoms with Gasteiger partial charge in [-0.25, -0.2) is 0 Å². The molecule has 1 fully saturated rings. The van der Waals surface area contributed by atoms with Gasteiger partial charge in [-0.3, -0.25) is 16.2 Å². The van der Waals surface area contributed by atoms with Crippen LogP contribution < -0.4 is 11.3 Å². The molecule has 1 aliphatic rings. The van der Waals surface area contributed by atoms with Gasteiger partial charge in [-0.2, -0.15) is 0 Å². The zero-order valence-corrected chi connectivity index (χ0v) is 9.02. The predicted molar refractivity (Wildman–Crippen MR) is 62.1 cm³/mol. The van der Waals surface area contributed by atoms with Crippen molar-refractivity contribution >= 4 is 0 Å². The molecule has 0 aliphatic carbocycles. The molecule has 1 aromatic rings. The first kappa shape index (κ1) is 10.6. The third-order valence-electron chi connectivity index (χ3n) is 2.99. The second-order valence-corrected chi connectivity index (χ2v) is 4.23. The first-order chi connectivity index (χ1) is 7.38. The van der Waals surface area contributed by atoms with Gasteiger partial charge in [0.05, 0.1) is 0 Å². The van der Waals surface area contributed by atoms with Gasteiger partial charge in [0.15, 0.2) is 0 Å². The lowest BCUT2D eigenvalue weighted by atomic mass is 10.1. The van der Waals surface area contributed by atoms with Crippen molar-refractivity contribution in [2.24, 2.45) is 5.84 Å². The molecule has 1 atom stereocenters. The van der Waals surface area contributed by atoms with E-state index in [1.807, 2.05) is 0 Å². The summed E-state index contributed by atoms with van der Waals surface area (Å²) in [5.74, 6) is 5.48. The zero-order chi connectivity index (χ0) is 10.5. The zero-order valence-electron chi connectivity index (χ0n) is 9.02. The largest absolute Gasteiger partial charge is 0.297 e. The molecule has 1 aliphatic heterocycles. The molecule has 0 aromatic heterocycles. The molecule has 1 unspecified atom stereocenters. The van der Waals surface area contributed by atoms with Gasteiger partial charge in [0.2, 0.25) is 0 Å². The fourth-order valence-electron chi connectivity index (χ4n) is 2.18. The molecule has 3 nitrogen and oxygen atoms in total. The van der Waals surface area contributed by atoms with Crippen LogP contribution in [0, 0.1) is 0 Å². The number of nitrogens with two attached hydrogens (primary N) is 1. The van der Waals surface area contributed by atoms with Crippen molar-refractivity contribution in [3.8, 4) is 0 Å². The highest BCUT2D eigenvalue weighted by Gasteiger charge is 2.18. The summed E-state index contributed by atoms with van der Waals surface area (Å²) in [6, 6.07) is 11.1. The van der Waals surface area contributed by atoms with Gasteiger partial charge in [-0.05, 0) is 24.9 Å². The average Bonchev–Trinajstić information content (AvgIpc) is 2.31. The van der Waals surface area contributed by atoms with E-state index in [2.05, 4.69) is 40.7 Å². The number of rotatable bonds is 3. The fourth-order valence-corrected chi connectivity index (χ4v) is 2.18. The Balaban J connectivity index is 1.89. The van der Waals surface area contributed by atoms with Gasteiger partial charge in [0, 0.05) is 19.1 Å². The van der Waals surface area contributed by atoms with Crippen LogP contribution in [-0.4, -0.2) is 24.0 Å². The number of hydrogen-bond donors (Lipinski definition) is 2. The Morgan fingerprint density at radius 2 is 2.13 bits per heavy atom. The van der Waals surface area contributed by atoms with Crippen molar-refractivity contribution in [2.75, 3.05) is 13.1 Å². The van der Waals surface area contributed by atoms with Crippen LogP contribution in [-0.2, 0) is 6.54 Å². The van der Waals surface area contributed by atoms with E-state index >= 15 is 0 Å². The van der Waals surface area contributed by atoms with Crippen molar-refractivity contribution in [2.45, 2.75) is 25.4 Å². The smallest absolute Gasteiger partial charge is 0.0338 e. The lowest BCUT2D eigenvalue weighted by Gasteiger charge is -2.32. The van der Waals surface area contributed by atoms with Gasteiger partial charge < -0.3 is 0 Å². The maximum atomic E-state index is 5.48. The minimum atomic E-state index is 0.461. The summed E-state index contributed by atoms with van der Waals surface area (Å²) in [7, 11) is 0. The third-order valence-corrected chi connectivity index (χ3v) is 2.99. The number of hydrazine groups is 1. The molecule has 0 spiro atoms. The summed E-state index contributed by atoms with van der Waals surface area (Å²) in [5, 5.41) is 0. The van der Waals surface area contributed by atoms with Crippen molar-refractivity contribution in [3.63, 3.8) is 0 Å². The molecule has 3 heteroatoms. The van der Waals surface area contributed by atoms with Crippen LogP contribution in [0.1, 0.15) is 18.4 Å². The highest BCUT2D eigenvalue weighted by molar-refractivity contribution is 5.14. The van der Waals surface area contributed by atoms with E-state index in [9.17, 15) is 0 Å². The maximum Gasteiger partial charge on any atom is 0.0338 e. The SMILES string of the molecule is NNC1CCCN(Cc2ccccc2)C1. The Morgan fingerprint density at radius 3 is 2.87 bits per heavy atom. The van der Waals surface area contributed by atoms with E-state index in [1.54, 1.807) is 0 Å². The number of benzene rings is 1. The molecule has 1 aromatic carbocycles. The Morgan fingerprint density at radius 1 is 1.33 bits per heavy atom.